The molecule has 0 saturated carbocycles. The Kier molecular flexibility index (Phi) is 6.02. The van der Waals surface area contributed by atoms with Crippen LogP contribution in [0.3, 0.4) is 0 Å². The predicted molar refractivity (Wildman–Crippen MR) is 86.2 cm³/mol. The van der Waals surface area contributed by atoms with Gasteiger partial charge in [-0.1, -0.05) is 19.1 Å². The Morgan fingerprint density at radius 1 is 1.33 bits per heavy atom. The second-order valence-electron chi connectivity index (χ2n) is 4.77. The summed E-state index contributed by atoms with van der Waals surface area (Å²) in [5.41, 5.74) is 2.06. The molecule has 0 amide bonds. The van der Waals surface area contributed by atoms with Gasteiger partial charge in [-0.2, -0.15) is 0 Å². The molecule has 1 heterocycles. The van der Waals surface area contributed by atoms with Crippen LogP contribution >= 0.6 is 11.3 Å². The number of hydrogen-bond donors (Lipinski definition) is 1. The Labute approximate surface area is 130 Å². The van der Waals surface area contributed by atoms with E-state index in [4.69, 9.17) is 9.47 Å². The zero-order valence-corrected chi connectivity index (χ0v) is 13.6. The highest BCUT2D eigenvalue weighted by atomic mass is 32.1. The number of aryl methyl sites for hydroxylation is 1. The zero-order valence-electron chi connectivity index (χ0n) is 12.8. The van der Waals surface area contributed by atoms with Crippen molar-refractivity contribution in [1.29, 1.82) is 0 Å². The van der Waals surface area contributed by atoms with Gasteiger partial charge >= 0.3 is 0 Å². The van der Waals surface area contributed by atoms with Gasteiger partial charge in [-0.3, -0.25) is 0 Å². The molecule has 0 aliphatic rings. The lowest BCUT2D eigenvalue weighted by atomic mass is 10.2. The Balaban J connectivity index is 2.10. The molecule has 0 bridgehead atoms. The van der Waals surface area contributed by atoms with E-state index in [1.165, 1.54) is 0 Å². The number of hydrogen-bond acceptors (Lipinski definition) is 5. The van der Waals surface area contributed by atoms with Gasteiger partial charge in [0.15, 0.2) is 11.5 Å². The fourth-order valence-corrected chi connectivity index (χ4v) is 2.64. The van der Waals surface area contributed by atoms with Crippen molar-refractivity contribution in [1.82, 2.24) is 10.3 Å². The predicted octanol–water partition coefficient (Wildman–Crippen LogP) is 3.54. The summed E-state index contributed by atoms with van der Waals surface area (Å²) in [5.74, 6) is 1.56. The largest absolute Gasteiger partial charge is 0.493 e. The first-order valence-electron chi connectivity index (χ1n) is 7.15. The lowest BCUT2D eigenvalue weighted by Gasteiger charge is -2.15. The van der Waals surface area contributed by atoms with Gasteiger partial charge in [0.05, 0.1) is 17.8 Å². The Morgan fingerprint density at radius 3 is 2.86 bits per heavy atom. The van der Waals surface area contributed by atoms with Gasteiger partial charge in [0, 0.05) is 17.5 Å². The average molecular weight is 306 g/mol. The van der Waals surface area contributed by atoms with E-state index in [-0.39, 0.29) is 0 Å². The van der Waals surface area contributed by atoms with Crippen molar-refractivity contribution < 1.29 is 9.47 Å². The number of nitrogens with one attached hydrogen (secondary N) is 1. The fraction of sp³-hybridized carbons (Fsp3) is 0.438. The molecule has 2 aromatic rings. The Morgan fingerprint density at radius 2 is 2.19 bits per heavy atom. The smallest absolute Gasteiger partial charge is 0.166 e. The minimum absolute atomic E-state index is 0.464. The van der Waals surface area contributed by atoms with Gasteiger partial charge in [0.1, 0.15) is 6.61 Å². The summed E-state index contributed by atoms with van der Waals surface area (Å²) < 4.78 is 11.4. The van der Waals surface area contributed by atoms with Gasteiger partial charge in [-0.15, -0.1) is 11.3 Å². The minimum atomic E-state index is 0.464. The Hall–Kier alpha value is -1.59. The van der Waals surface area contributed by atoms with Crippen molar-refractivity contribution in [2.24, 2.45) is 0 Å². The van der Waals surface area contributed by atoms with E-state index in [2.05, 4.69) is 23.3 Å². The van der Waals surface area contributed by atoms with Gasteiger partial charge in [0.2, 0.25) is 0 Å². The summed E-state index contributed by atoms with van der Waals surface area (Å²) in [7, 11) is 1.67. The third-order valence-corrected chi connectivity index (χ3v) is 3.88. The number of thiazole rings is 1. The van der Waals surface area contributed by atoms with E-state index in [1.54, 1.807) is 18.4 Å². The van der Waals surface area contributed by atoms with Gasteiger partial charge in [-0.05, 0) is 26.0 Å². The maximum atomic E-state index is 5.97. The maximum Gasteiger partial charge on any atom is 0.166 e. The van der Waals surface area contributed by atoms with E-state index >= 15 is 0 Å². The SMILES string of the molecule is CCCNCc1cccc(OC)c1OCc1csc(C)n1. The van der Waals surface area contributed by atoms with Crippen LogP contribution in [-0.2, 0) is 13.2 Å². The number of rotatable bonds is 8. The monoisotopic (exact) mass is 306 g/mol. The zero-order chi connectivity index (χ0) is 15.1. The van der Waals surface area contributed by atoms with Crippen LogP contribution in [0.25, 0.3) is 0 Å². The summed E-state index contributed by atoms with van der Waals surface area (Å²) in [4.78, 5) is 4.42. The Bertz CT molecular complexity index is 569. The molecule has 114 valence electrons. The van der Waals surface area contributed by atoms with E-state index in [1.807, 2.05) is 24.4 Å². The summed E-state index contributed by atoms with van der Waals surface area (Å²) in [5, 5.41) is 6.48. The first-order valence-corrected chi connectivity index (χ1v) is 8.03. The van der Waals surface area contributed by atoms with Gasteiger partial charge < -0.3 is 14.8 Å². The summed E-state index contributed by atoms with van der Waals surface area (Å²) in [6, 6.07) is 5.97. The fourth-order valence-electron chi connectivity index (χ4n) is 2.05. The molecule has 1 aromatic heterocycles. The molecule has 5 heteroatoms. The molecule has 2 rings (SSSR count). The molecule has 4 nitrogen and oxygen atoms in total. The second-order valence-corrected chi connectivity index (χ2v) is 5.83. The molecule has 0 spiro atoms. The molecule has 0 atom stereocenters. The molecule has 0 radical (unpaired) electrons. The quantitative estimate of drug-likeness (QED) is 0.758. The van der Waals surface area contributed by atoms with Crippen LogP contribution in [0, 0.1) is 6.92 Å². The lowest BCUT2D eigenvalue weighted by molar-refractivity contribution is 0.277. The van der Waals surface area contributed by atoms with Crippen molar-refractivity contribution in [2.75, 3.05) is 13.7 Å². The molecule has 0 aliphatic carbocycles. The summed E-state index contributed by atoms with van der Waals surface area (Å²) >= 11 is 1.64. The normalized spacial score (nSPS) is 10.6. The summed E-state index contributed by atoms with van der Waals surface area (Å²) in [6.45, 7) is 6.38. The van der Waals surface area contributed by atoms with Crippen molar-refractivity contribution in [3.63, 3.8) is 0 Å². The molecule has 21 heavy (non-hydrogen) atoms. The number of para-hydroxylation sites is 1. The van der Waals surface area contributed by atoms with Crippen LogP contribution in [0.4, 0.5) is 0 Å². The first kappa shape index (κ1) is 15.8. The molecule has 0 fully saturated rings. The van der Waals surface area contributed by atoms with Gasteiger partial charge in [0.25, 0.3) is 0 Å². The molecular weight excluding hydrogens is 284 g/mol. The third kappa shape index (κ3) is 4.44. The molecule has 0 aliphatic heterocycles. The average Bonchev–Trinajstić information content (AvgIpc) is 2.91. The van der Waals surface area contributed by atoms with Gasteiger partial charge in [-0.25, -0.2) is 4.98 Å². The highest BCUT2D eigenvalue weighted by Crippen LogP contribution is 2.31. The number of aromatic nitrogens is 1. The first-order chi connectivity index (χ1) is 10.2. The van der Waals surface area contributed by atoms with Crippen LogP contribution in [0.5, 0.6) is 11.5 Å². The van der Waals surface area contributed by atoms with Crippen LogP contribution in [0.1, 0.15) is 29.6 Å². The number of benzene rings is 1. The number of nitrogens with zero attached hydrogens (tertiary/aromatic N) is 1. The van der Waals surface area contributed by atoms with Crippen molar-refractivity contribution in [2.45, 2.75) is 33.4 Å². The van der Waals surface area contributed by atoms with Crippen molar-refractivity contribution >= 4 is 11.3 Å². The second kappa shape index (κ2) is 8.00. The molecule has 0 saturated heterocycles. The minimum Gasteiger partial charge on any atom is -0.493 e. The van der Waals surface area contributed by atoms with Crippen molar-refractivity contribution in [3.05, 3.63) is 39.8 Å². The maximum absolute atomic E-state index is 5.97. The topological polar surface area (TPSA) is 43.4 Å². The van der Waals surface area contributed by atoms with E-state index < -0.39 is 0 Å². The third-order valence-electron chi connectivity index (χ3n) is 3.05. The molecular formula is C16H22N2O2S. The highest BCUT2D eigenvalue weighted by Gasteiger charge is 2.11. The molecule has 1 N–H and O–H groups in total. The molecule has 0 unspecified atom stereocenters. The lowest BCUT2D eigenvalue weighted by Crippen LogP contribution is -2.15. The highest BCUT2D eigenvalue weighted by molar-refractivity contribution is 7.09. The van der Waals surface area contributed by atoms with Crippen molar-refractivity contribution in [3.8, 4) is 11.5 Å². The molecule has 1 aromatic carbocycles. The van der Waals surface area contributed by atoms with Crippen LogP contribution in [-0.4, -0.2) is 18.6 Å². The van der Waals surface area contributed by atoms with E-state index in [9.17, 15) is 0 Å². The van der Waals surface area contributed by atoms with Crippen LogP contribution in [0.2, 0.25) is 0 Å². The van der Waals surface area contributed by atoms with Crippen LogP contribution in [0.15, 0.2) is 23.6 Å². The number of ether oxygens (including phenoxy) is 2. The number of methoxy groups -OCH3 is 1. The van der Waals surface area contributed by atoms with E-state index in [0.29, 0.717) is 6.61 Å². The van der Waals surface area contributed by atoms with E-state index in [0.717, 1.165) is 47.3 Å². The van der Waals surface area contributed by atoms with Crippen LogP contribution < -0.4 is 14.8 Å². The standard InChI is InChI=1S/C16H22N2O2S/c1-4-8-17-9-13-6-5-7-15(19-3)16(13)20-10-14-11-21-12(2)18-14/h5-7,11,17H,4,8-10H2,1-3H3. The summed E-state index contributed by atoms with van der Waals surface area (Å²) in [6.07, 6.45) is 1.11.